The predicted octanol–water partition coefficient (Wildman–Crippen LogP) is 1.51. The minimum absolute atomic E-state index is 0. The average Bonchev–Trinajstić information content (AvgIpc) is 2.55. The van der Waals surface area contributed by atoms with Gasteiger partial charge in [-0.15, -0.1) is 12.4 Å². The molecule has 0 saturated carbocycles. The van der Waals surface area contributed by atoms with Crippen LogP contribution in [0.25, 0.3) is 0 Å². The molecule has 1 rings (SSSR count). The second kappa shape index (κ2) is 7.16. The fourth-order valence-corrected chi connectivity index (χ4v) is 1.83. The van der Waals surface area contributed by atoms with E-state index < -0.39 is 11.9 Å². The third-order valence-corrected chi connectivity index (χ3v) is 2.55. The van der Waals surface area contributed by atoms with Crippen LogP contribution < -0.4 is 5.73 Å². The van der Waals surface area contributed by atoms with E-state index >= 15 is 0 Å². The number of hydrogen-bond acceptors (Lipinski definition) is 4. The minimum Gasteiger partial charge on any atom is -0.477 e. The van der Waals surface area contributed by atoms with Crippen molar-refractivity contribution >= 4 is 24.3 Å². The quantitative estimate of drug-likeness (QED) is 0.713. The van der Waals surface area contributed by atoms with Gasteiger partial charge in [-0.05, 0) is 26.3 Å². The number of nitrogens with one attached hydrogen (secondary N) is 1. The van der Waals surface area contributed by atoms with E-state index in [1.54, 1.807) is 20.8 Å². The van der Waals surface area contributed by atoms with Crippen LogP contribution in [0.1, 0.15) is 46.0 Å². The molecule has 0 fully saturated rings. The van der Waals surface area contributed by atoms with E-state index in [0.717, 1.165) is 0 Å². The molecule has 1 heterocycles. The number of carboxylic acid groups (broad SMARTS) is 1. The smallest absolute Gasteiger partial charge is 0.352 e. The molecule has 1 unspecified atom stereocenters. The molecule has 0 saturated heterocycles. The molecule has 1 aromatic rings. The highest BCUT2D eigenvalue weighted by Gasteiger charge is 2.24. The molecule has 0 aliphatic carbocycles. The van der Waals surface area contributed by atoms with Crippen LogP contribution in [-0.2, 0) is 11.2 Å². The topological polar surface area (TPSA) is 105 Å². The molecule has 1 atom stereocenters. The summed E-state index contributed by atoms with van der Waals surface area (Å²) in [5.41, 5.74) is 6.87. The summed E-state index contributed by atoms with van der Waals surface area (Å²) in [7, 11) is 0. The number of aromatic carboxylic acids is 1. The first-order chi connectivity index (χ1) is 8.38. The van der Waals surface area contributed by atoms with Gasteiger partial charge in [-0.3, -0.25) is 0 Å². The molecule has 0 radical (unpaired) electrons. The normalized spacial score (nSPS) is 11.6. The summed E-state index contributed by atoms with van der Waals surface area (Å²) in [5.74, 6) is -1.62. The lowest BCUT2D eigenvalue weighted by molar-refractivity contribution is 0.0524. The van der Waals surface area contributed by atoms with Crippen LogP contribution in [-0.4, -0.2) is 34.7 Å². The zero-order valence-electron chi connectivity index (χ0n) is 11.1. The first kappa shape index (κ1) is 17.5. The summed E-state index contributed by atoms with van der Waals surface area (Å²) in [6.45, 7) is 5.30. The number of aromatic nitrogens is 1. The third-order valence-electron chi connectivity index (χ3n) is 2.55. The van der Waals surface area contributed by atoms with E-state index in [4.69, 9.17) is 15.6 Å². The molecule has 0 spiro atoms. The Balaban J connectivity index is 0.00000324. The van der Waals surface area contributed by atoms with Crippen molar-refractivity contribution in [3.8, 4) is 0 Å². The fourth-order valence-electron chi connectivity index (χ4n) is 1.83. The molecule has 0 aromatic carbocycles. The SMILES string of the molecule is CCOC(=O)c1c(CC(C)N)[nH]c(C(=O)O)c1C.Cl. The van der Waals surface area contributed by atoms with Gasteiger partial charge in [0, 0.05) is 18.2 Å². The van der Waals surface area contributed by atoms with Crippen molar-refractivity contribution in [3.05, 3.63) is 22.5 Å². The Hall–Kier alpha value is -1.53. The zero-order valence-corrected chi connectivity index (χ0v) is 12.0. The number of halogens is 1. The molecule has 108 valence electrons. The van der Waals surface area contributed by atoms with Gasteiger partial charge in [0.2, 0.25) is 0 Å². The van der Waals surface area contributed by atoms with Crippen LogP contribution in [0, 0.1) is 6.92 Å². The van der Waals surface area contributed by atoms with E-state index in [-0.39, 0.29) is 36.3 Å². The van der Waals surface area contributed by atoms with Crippen LogP contribution in [0.3, 0.4) is 0 Å². The van der Waals surface area contributed by atoms with Crippen molar-refractivity contribution in [2.75, 3.05) is 6.61 Å². The van der Waals surface area contributed by atoms with Gasteiger partial charge >= 0.3 is 11.9 Å². The summed E-state index contributed by atoms with van der Waals surface area (Å²) < 4.78 is 4.93. The first-order valence-corrected chi connectivity index (χ1v) is 5.75. The highest BCUT2D eigenvalue weighted by molar-refractivity contribution is 5.98. The maximum atomic E-state index is 11.8. The van der Waals surface area contributed by atoms with Crippen molar-refractivity contribution in [2.45, 2.75) is 33.2 Å². The Kier molecular flexibility index (Phi) is 6.58. The molecule has 0 bridgehead atoms. The highest BCUT2D eigenvalue weighted by Crippen LogP contribution is 2.21. The number of carbonyl (C=O) groups is 2. The summed E-state index contributed by atoms with van der Waals surface area (Å²) in [5, 5.41) is 9.03. The summed E-state index contributed by atoms with van der Waals surface area (Å²) >= 11 is 0. The lowest BCUT2D eigenvalue weighted by Crippen LogP contribution is -2.20. The molecule has 1 aromatic heterocycles. The number of carboxylic acids is 1. The van der Waals surface area contributed by atoms with E-state index in [1.165, 1.54) is 0 Å². The van der Waals surface area contributed by atoms with Crippen LogP contribution in [0.15, 0.2) is 0 Å². The van der Waals surface area contributed by atoms with Gasteiger partial charge in [-0.2, -0.15) is 0 Å². The summed E-state index contributed by atoms with van der Waals surface area (Å²) in [4.78, 5) is 25.6. The monoisotopic (exact) mass is 290 g/mol. The lowest BCUT2D eigenvalue weighted by Gasteiger charge is -2.07. The number of esters is 1. The van der Waals surface area contributed by atoms with Gasteiger partial charge in [0.05, 0.1) is 12.2 Å². The van der Waals surface area contributed by atoms with E-state index in [0.29, 0.717) is 17.7 Å². The summed E-state index contributed by atoms with van der Waals surface area (Å²) in [6, 6.07) is -0.183. The number of ether oxygens (including phenoxy) is 1. The number of aromatic amines is 1. The number of hydrogen-bond donors (Lipinski definition) is 3. The molecular weight excluding hydrogens is 272 g/mol. The summed E-state index contributed by atoms with van der Waals surface area (Å²) in [6.07, 6.45) is 0.391. The van der Waals surface area contributed by atoms with Gasteiger partial charge in [0.25, 0.3) is 0 Å². The van der Waals surface area contributed by atoms with Gasteiger partial charge in [0.1, 0.15) is 5.69 Å². The zero-order chi connectivity index (χ0) is 13.9. The van der Waals surface area contributed by atoms with Crippen LogP contribution in [0.4, 0.5) is 0 Å². The second-order valence-electron chi connectivity index (χ2n) is 4.19. The molecule has 0 aliphatic rings. The molecule has 0 amide bonds. The molecule has 6 nitrogen and oxygen atoms in total. The maximum Gasteiger partial charge on any atom is 0.352 e. The van der Waals surface area contributed by atoms with E-state index in [1.807, 2.05) is 0 Å². The lowest BCUT2D eigenvalue weighted by atomic mass is 10.1. The van der Waals surface area contributed by atoms with Crippen molar-refractivity contribution in [1.82, 2.24) is 4.98 Å². The van der Waals surface area contributed by atoms with Crippen molar-refractivity contribution in [1.29, 1.82) is 0 Å². The number of rotatable bonds is 5. The largest absolute Gasteiger partial charge is 0.477 e. The molecular formula is C12H19ClN2O4. The molecule has 0 aliphatic heterocycles. The van der Waals surface area contributed by atoms with Crippen molar-refractivity contribution < 1.29 is 19.4 Å². The van der Waals surface area contributed by atoms with Crippen LogP contribution in [0.2, 0.25) is 0 Å². The first-order valence-electron chi connectivity index (χ1n) is 5.75. The molecule has 19 heavy (non-hydrogen) atoms. The average molecular weight is 291 g/mol. The Morgan fingerprint density at radius 2 is 2.05 bits per heavy atom. The van der Waals surface area contributed by atoms with Gasteiger partial charge < -0.3 is 20.6 Å². The Bertz CT molecular complexity index is 469. The Morgan fingerprint density at radius 1 is 1.47 bits per heavy atom. The van der Waals surface area contributed by atoms with Gasteiger partial charge in [0.15, 0.2) is 0 Å². The Labute approximate surface area is 117 Å². The molecule has 7 heteroatoms. The van der Waals surface area contributed by atoms with Crippen LogP contribution in [0.5, 0.6) is 0 Å². The number of H-pyrrole nitrogens is 1. The number of nitrogens with two attached hydrogens (primary N) is 1. The van der Waals surface area contributed by atoms with E-state index in [2.05, 4.69) is 4.98 Å². The Morgan fingerprint density at radius 3 is 2.47 bits per heavy atom. The van der Waals surface area contributed by atoms with Gasteiger partial charge in [-0.25, -0.2) is 9.59 Å². The maximum absolute atomic E-state index is 11.8. The molecule has 4 N–H and O–H groups in total. The van der Waals surface area contributed by atoms with E-state index in [9.17, 15) is 9.59 Å². The fraction of sp³-hybridized carbons (Fsp3) is 0.500. The second-order valence-corrected chi connectivity index (χ2v) is 4.19. The van der Waals surface area contributed by atoms with Crippen molar-refractivity contribution in [3.63, 3.8) is 0 Å². The predicted molar refractivity (Wildman–Crippen MR) is 73.0 cm³/mol. The highest BCUT2D eigenvalue weighted by atomic mass is 35.5. The standard InChI is InChI=1S/C12H18N2O4.ClH/c1-4-18-12(17)9-7(3)10(11(15)16)14-8(9)5-6(2)13;/h6,14H,4-5,13H2,1-3H3,(H,15,16);1H. The van der Waals surface area contributed by atoms with Crippen molar-refractivity contribution in [2.24, 2.45) is 5.73 Å². The third kappa shape index (κ3) is 3.97. The van der Waals surface area contributed by atoms with Gasteiger partial charge in [-0.1, -0.05) is 0 Å². The number of carbonyl (C=O) groups excluding carboxylic acids is 1. The minimum atomic E-state index is -1.10. The van der Waals surface area contributed by atoms with Crippen LogP contribution >= 0.6 is 12.4 Å².